The fraction of sp³-hybridized carbons (Fsp3) is 0.500. The average Bonchev–Trinajstić information content (AvgIpc) is 2.76. The summed E-state index contributed by atoms with van der Waals surface area (Å²) < 4.78 is 30.9. The van der Waals surface area contributed by atoms with Crippen molar-refractivity contribution in [2.45, 2.75) is 24.2 Å². The van der Waals surface area contributed by atoms with Gasteiger partial charge in [-0.1, -0.05) is 13.0 Å². The number of fused-ring (bicyclic) bond motifs is 1. The van der Waals surface area contributed by atoms with Gasteiger partial charge in [0.25, 0.3) is 0 Å². The standard InChI is InChI=1S/C14H19ClN2O3S/c1-10(9-20-2)8-17-11-5-4-6-12(21(3,18)19)14(11)16-13(17)7-15/h4-6,10H,7-9H2,1-3H3. The van der Waals surface area contributed by atoms with Crippen molar-refractivity contribution in [1.82, 2.24) is 9.55 Å². The Labute approximate surface area is 129 Å². The predicted octanol–water partition coefficient (Wildman–Crippen LogP) is 2.46. The van der Waals surface area contributed by atoms with E-state index in [0.717, 1.165) is 5.52 Å². The number of hydrogen-bond donors (Lipinski definition) is 0. The van der Waals surface area contributed by atoms with Crippen molar-refractivity contribution in [3.05, 3.63) is 24.0 Å². The molecule has 0 aliphatic rings. The van der Waals surface area contributed by atoms with Crippen molar-refractivity contribution in [3.63, 3.8) is 0 Å². The van der Waals surface area contributed by atoms with E-state index in [0.29, 0.717) is 24.5 Å². The topological polar surface area (TPSA) is 61.2 Å². The number of nitrogens with zero attached hydrogens (tertiary/aromatic N) is 2. The highest BCUT2D eigenvalue weighted by Crippen LogP contribution is 2.25. The van der Waals surface area contributed by atoms with E-state index in [1.54, 1.807) is 19.2 Å². The van der Waals surface area contributed by atoms with Gasteiger partial charge >= 0.3 is 0 Å². The molecular weight excluding hydrogens is 312 g/mol. The van der Waals surface area contributed by atoms with E-state index in [-0.39, 0.29) is 16.7 Å². The molecule has 1 aromatic carbocycles. The van der Waals surface area contributed by atoms with Crippen LogP contribution in [0.15, 0.2) is 23.1 Å². The van der Waals surface area contributed by atoms with Crippen molar-refractivity contribution < 1.29 is 13.2 Å². The summed E-state index contributed by atoms with van der Waals surface area (Å²) in [6.45, 7) is 3.36. The molecule has 0 radical (unpaired) electrons. The SMILES string of the molecule is COCC(C)Cn1c(CCl)nc2c(S(C)(=O)=O)cccc21. The van der Waals surface area contributed by atoms with Gasteiger partial charge in [0.15, 0.2) is 9.84 Å². The van der Waals surface area contributed by atoms with Crippen LogP contribution in [0, 0.1) is 5.92 Å². The Kier molecular flexibility index (Phi) is 4.91. The van der Waals surface area contributed by atoms with Gasteiger partial charge in [-0.15, -0.1) is 11.6 Å². The second kappa shape index (κ2) is 6.34. The minimum atomic E-state index is -3.32. The van der Waals surface area contributed by atoms with Gasteiger partial charge in [-0.25, -0.2) is 13.4 Å². The molecular formula is C14H19ClN2O3S. The van der Waals surface area contributed by atoms with Crippen molar-refractivity contribution in [2.24, 2.45) is 5.92 Å². The number of para-hydroxylation sites is 1. The van der Waals surface area contributed by atoms with Crippen molar-refractivity contribution in [2.75, 3.05) is 20.0 Å². The molecule has 116 valence electrons. The molecule has 0 amide bonds. The predicted molar refractivity (Wildman–Crippen MR) is 83.4 cm³/mol. The number of benzene rings is 1. The summed E-state index contributed by atoms with van der Waals surface area (Å²) in [7, 11) is -1.66. The zero-order valence-electron chi connectivity index (χ0n) is 12.3. The zero-order valence-corrected chi connectivity index (χ0v) is 13.9. The third-order valence-electron chi connectivity index (χ3n) is 3.29. The molecule has 1 heterocycles. The summed E-state index contributed by atoms with van der Waals surface area (Å²) in [6, 6.07) is 5.17. The van der Waals surface area contributed by atoms with Crippen LogP contribution in [0.5, 0.6) is 0 Å². The van der Waals surface area contributed by atoms with Crippen LogP contribution in [0.4, 0.5) is 0 Å². The van der Waals surface area contributed by atoms with Crippen molar-refractivity contribution >= 4 is 32.5 Å². The number of imidazole rings is 1. The molecule has 2 rings (SSSR count). The normalized spacial score (nSPS) is 13.7. The molecule has 7 heteroatoms. The molecule has 0 fully saturated rings. The number of methoxy groups -OCH3 is 1. The maximum Gasteiger partial charge on any atom is 0.177 e. The van der Waals surface area contributed by atoms with E-state index >= 15 is 0 Å². The molecule has 1 atom stereocenters. The summed E-state index contributed by atoms with van der Waals surface area (Å²) in [6.07, 6.45) is 1.19. The lowest BCUT2D eigenvalue weighted by atomic mass is 10.2. The molecule has 2 aromatic rings. The Bertz CT molecular complexity index is 740. The molecule has 0 bridgehead atoms. The number of hydrogen-bond acceptors (Lipinski definition) is 4. The highest BCUT2D eigenvalue weighted by atomic mass is 35.5. The first-order valence-corrected chi connectivity index (χ1v) is 9.04. The summed E-state index contributed by atoms with van der Waals surface area (Å²) >= 11 is 5.97. The third kappa shape index (κ3) is 3.39. The average molecular weight is 331 g/mol. The maximum absolute atomic E-state index is 11.9. The molecule has 0 saturated heterocycles. The van der Waals surface area contributed by atoms with Gasteiger partial charge < -0.3 is 9.30 Å². The van der Waals surface area contributed by atoms with Gasteiger partial charge in [0, 0.05) is 19.9 Å². The molecule has 21 heavy (non-hydrogen) atoms. The first kappa shape index (κ1) is 16.3. The fourth-order valence-corrected chi connectivity index (χ4v) is 3.45. The van der Waals surface area contributed by atoms with Crippen LogP contribution < -0.4 is 0 Å². The largest absolute Gasteiger partial charge is 0.384 e. The number of rotatable bonds is 6. The molecule has 1 aromatic heterocycles. The van der Waals surface area contributed by atoms with Crippen LogP contribution >= 0.6 is 11.6 Å². The molecule has 1 unspecified atom stereocenters. The molecule has 0 aliphatic carbocycles. The van der Waals surface area contributed by atoms with Gasteiger partial charge in [-0.05, 0) is 18.1 Å². The quantitative estimate of drug-likeness (QED) is 0.763. The molecule has 0 aliphatic heterocycles. The number of alkyl halides is 1. The Morgan fingerprint density at radius 2 is 2.14 bits per heavy atom. The summed E-state index contributed by atoms with van der Waals surface area (Å²) in [5, 5.41) is 0. The van der Waals surface area contributed by atoms with E-state index in [1.807, 2.05) is 10.6 Å². The lowest BCUT2D eigenvalue weighted by Gasteiger charge is -2.14. The van der Waals surface area contributed by atoms with Crippen LogP contribution in [-0.2, 0) is 27.0 Å². The Hall–Kier alpha value is -1.11. The van der Waals surface area contributed by atoms with E-state index in [4.69, 9.17) is 16.3 Å². The Morgan fingerprint density at radius 1 is 1.43 bits per heavy atom. The molecule has 5 nitrogen and oxygen atoms in total. The first-order chi connectivity index (χ1) is 9.88. The van der Waals surface area contributed by atoms with Crippen molar-refractivity contribution in [1.29, 1.82) is 0 Å². The number of ether oxygens (including phenoxy) is 1. The van der Waals surface area contributed by atoms with Gasteiger partial charge in [0.2, 0.25) is 0 Å². The van der Waals surface area contributed by atoms with E-state index in [2.05, 4.69) is 11.9 Å². The van der Waals surface area contributed by atoms with Crippen LogP contribution in [0.3, 0.4) is 0 Å². The van der Waals surface area contributed by atoms with Gasteiger partial charge in [-0.3, -0.25) is 0 Å². The highest BCUT2D eigenvalue weighted by Gasteiger charge is 2.19. The minimum absolute atomic E-state index is 0.234. The number of sulfone groups is 1. The summed E-state index contributed by atoms with van der Waals surface area (Å²) in [4.78, 5) is 4.66. The van der Waals surface area contributed by atoms with Gasteiger partial charge in [-0.2, -0.15) is 0 Å². The van der Waals surface area contributed by atoms with E-state index in [1.165, 1.54) is 6.26 Å². The van der Waals surface area contributed by atoms with Crippen LogP contribution in [-0.4, -0.2) is 37.9 Å². The molecule has 0 N–H and O–H groups in total. The van der Waals surface area contributed by atoms with E-state index in [9.17, 15) is 8.42 Å². The summed E-state index contributed by atoms with van der Waals surface area (Å²) in [5.74, 6) is 1.18. The fourth-order valence-electron chi connectivity index (χ4n) is 2.42. The third-order valence-corrected chi connectivity index (χ3v) is 4.65. The molecule has 0 spiro atoms. The van der Waals surface area contributed by atoms with E-state index < -0.39 is 9.84 Å². The smallest absolute Gasteiger partial charge is 0.177 e. The summed E-state index contributed by atoms with van der Waals surface area (Å²) in [5.41, 5.74) is 1.27. The second-order valence-corrected chi connectivity index (χ2v) is 7.48. The van der Waals surface area contributed by atoms with Crippen molar-refractivity contribution in [3.8, 4) is 0 Å². The number of halogens is 1. The maximum atomic E-state index is 11.9. The Balaban J connectivity index is 2.60. The van der Waals surface area contributed by atoms with Crippen LogP contribution in [0.1, 0.15) is 12.7 Å². The van der Waals surface area contributed by atoms with Gasteiger partial charge in [0.05, 0.1) is 22.9 Å². The highest BCUT2D eigenvalue weighted by molar-refractivity contribution is 7.91. The van der Waals surface area contributed by atoms with Crippen LogP contribution in [0.2, 0.25) is 0 Å². The Morgan fingerprint density at radius 3 is 2.71 bits per heavy atom. The number of aromatic nitrogens is 2. The van der Waals surface area contributed by atoms with Gasteiger partial charge in [0.1, 0.15) is 11.3 Å². The monoisotopic (exact) mass is 330 g/mol. The van der Waals surface area contributed by atoms with Crippen LogP contribution in [0.25, 0.3) is 11.0 Å². The lowest BCUT2D eigenvalue weighted by molar-refractivity contribution is 0.151. The lowest BCUT2D eigenvalue weighted by Crippen LogP contribution is -2.14. The molecule has 0 saturated carbocycles. The second-order valence-electron chi connectivity index (χ2n) is 5.23. The zero-order chi connectivity index (χ0) is 15.6. The minimum Gasteiger partial charge on any atom is -0.384 e. The first-order valence-electron chi connectivity index (χ1n) is 6.61.